The van der Waals surface area contributed by atoms with E-state index in [-0.39, 0.29) is 11.7 Å². The first-order valence-corrected chi connectivity index (χ1v) is 8.71. The molecule has 0 radical (unpaired) electrons. The predicted octanol–water partition coefficient (Wildman–Crippen LogP) is 0.878. The van der Waals surface area contributed by atoms with Gasteiger partial charge in [0.25, 0.3) is 10.0 Å². The Hall–Kier alpha value is -1.71. The average molecular weight is 345 g/mol. The van der Waals surface area contributed by atoms with E-state index in [1.807, 2.05) is 6.92 Å². The van der Waals surface area contributed by atoms with E-state index in [1.54, 1.807) is 0 Å². The number of hydrazine groups is 1. The van der Waals surface area contributed by atoms with Crippen LogP contribution in [0.15, 0.2) is 18.2 Å². The van der Waals surface area contributed by atoms with Crippen molar-refractivity contribution in [2.45, 2.75) is 31.7 Å². The van der Waals surface area contributed by atoms with Crippen molar-refractivity contribution >= 4 is 21.7 Å². The van der Waals surface area contributed by atoms with Crippen LogP contribution in [0.1, 0.15) is 18.9 Å². The number of aryl methyl sites for hydroxylation is 1. The van der Waals surface area contributed by atoms with E-state index in [0.29, 0.717) is 12.0 Å². The summed E-state index contributed by atoms with van der Waals surface area (Å²) in [5, 5.41) is -1.19. The molecule has 1 aliphatic heterocycles. The lowest BCUT2D eigenvalue weighted by atomic mass is 10.00. The SMILES string of the molecule is CCC1NNC(S(=O)(=O)Nc2ccc(F)c(C)c2)C1C(=O)OC. The molecular weight excluding hydrogens is 325 g/mol. The van der Waals surface area contributed by atoms with Crippen LogP contribution in [0, 0.1) is 18.7 Å². The van der Waals surface area contributed by atoms with Gasteiger partial charge < -0.3 is 4.74 Å². The molecule has 128 valence electrons. The predicted molar refractivity (Wildman–Crippen MR) is 83.3 cm³/mol. The van der Waals surface area contributed by atoms with Crippen molar-refractivity contribution < 1.29 is 22.3 Å². The lowest BCUT2D eigenvalue weighted by molar-refractivity contribution is -0.145. The highest BCUT2D eigenvalue weighted by molar-refractivity contribution is 7.93. The second-order valence-electron chi connectivity index (χ2n) is 5.38. The Morgan fingerprint density at radius 1 is 1.39 bits per heavy atom. The van der Waals surface area contributed by atoms with E-state index >= 15 is 0 Å². The molecule has 0 bridgehead atoms. The van der Waals surface area contributed by atoms with Gasteiger partial charge in [0.05, 0.1) is 7.11 Å². The molecule has 0 aromatic heterocycles. The van der Waals surface area contributed by atoms with Gasteiger partial charge in [0.15, 0.2) is 5.37 Å². The molecule has 0 aliphatic carbocycles. The Morgan fingerprint density at radius 3 is 2.65 bits per heavy atom. The van der Waals surface area contributed by atoms with Crippen molar-refractivity contribution in [3.8, 4) is 0 Å². The first-order valence-electron chi connectivity index (χ1n) is 7.16. The molecule has 1 heterocycles. The van der Waals surface area contributed by atoms with E-state index in [1.165, 1.54) is 32.2 Å². The molecule has 1 aliphatic rings. The number of methoxy groups -OCH3 is 1. The van der Waals surface area contributed by atoms with Crippen molar-refractivity contribution in [1.82, 2.24) is 10.9 Å². The molecule has 2 rings (SSSR count). The van der Waals surface area contributed by atoms with Gasteiger partial charge in [-0.15, -0.1) is 0 Å². The number of nitrogens with one attached hydrogen (secondary N) is 3. The van der Waals surface area contributed by atoms with Gasteiger partial charge in [-0.05, 0) is 37.1 Å². The van der Waals surface area contributed by atoms with Gasteiger partial charge in [0.2, 0.25) is 0 Å². The van der Waals surface area contributed by atoms with E-state index in [0.717, 1.165) is 0 Å². The second kappa shape index (κ2) is 6.81. The van der Waals surface area contributed by atoms with Gasteiger partial charge in [-0.2, -0.15) is 0 Å². The lowest BCUT2D eigenvalue weighted by Gasteiger charge is -2.20. The quantitative estimate of drug-likeness (QED) is 0.686. The maximum atomic E-state index is 13.3. The fraction of sp³-hybridized carbons (Fsp3) is 0.500. The van der Waals surface area contributed by atoms with Gasteiger partial charge in [-0.25, -0.2) is 18.2 Å². The molecule has 1 aromatic rings. The monoisotopic (exact) mass is 345 g/mol. The molecule has 0 saturated carbocycles. The fourth-order valence-electron chi connectivity index (χ4n) is 2.57. The molecule has 0 spiro atoms. The van der Waals surface area contributed by atoms with Crippen LogP contribution in [0.25, 0.3) is 0 Å². The second-order valence-corrected chi connectivity index (χ2v) is 7.19. The standard InChI is InChI=1S/C14H20FN3O4S/c1-4-11-12(14(19)22-3)13(17-16-11)23(20,21)18-9-5-6-10(15)8(2)7-9/h5-7,11-13,16-18H,4H2,1-3H3. The molecule has 3 N–H and O–H groups in total. The minimum absolute atomic E-state index is 0.231. The Bertz CT molecular complexity index is 695. The van der Waals surface area contributed by atoms with E-state index < -0.39 is 33.1 Å². The van der Waals surface area contributed by atoms with Crippen LogP contribution >= 0.6 is 0 Å². The topological polar surface area (TPSA) is 96.5 Å². The van der Waals surface area contributed by atoms with E-state index in [2.05, 4.69) is 15.6 Å². The van der Waals surface area contributed by atoms with Crippen molar-refractivity contribution in [1.29, 1.82) is 0 Å². The fourth-order valence-corrected chi connectivity index (χ4v) is 4.06. The highest BCUT2D eigenvalue weighted by Gasteiger charge is 2.47. The minimum Gasteiger partial charge on any atom is -0.469 e. The van der Waals surface area contributed by atoms with Gasteiger partial charge >= 0.3 is 5.97 Å². The summed E-state index contributed by atoms with van der Waals surface area (Å²) in [6.07, 6.45) is 0.550. The smallest absolute Gasteiger partial charge is 0.313 e. The number of hydrogen-bond donors (Lipinski definition) is 3. The number of anilines is 1. The van der Waals surface area contributed by atoms with Crippen LogP contribution in [0.4, 0.5) is 10.1 Å². The lowest BCUT2D eigenvalue weighted by Crippen LogP contribution is -2.44. The maximum absolute atomic E-state index is 13.3. The number of sulfonamides is 1. The third-order valence-electron chi connectivity index (χ3n) is 3.84. The zero-order chi connectivity index (χ0) is 17.2. The highest BCUT2D eigenvalue weighted by Crippen LogP contribution is 2.25. The number of rotatable bonds is 5. The summed E-state index contributed by atoms with van der Waals surface area (Å²) in [7, 11) is -2.72. The molecule has 9 heteroatoms. The third kappa shape index (κ3) is 3.62. The molecule has 3 atom stereocenters. The molecular formula is C14H20FN3O4S. The minimum atomic E-state index is -3.94. The van der Waals surface area contributed by atoms with Gasteiger partial charge in [-0.3, -0.25) is 14.9 Å². The van der Waals surface area contributed by atoms with Crippen LogP contribution in [-0.2, 0) is 19.6 Å². The summed E-state index contributed by atoms with van der Waals surface area (Å²) in [5.41, 5.74) is 5.99. The molecule has 3 unspecified atom stereocenters. The van der Waals surface area contributed by atoms with Crippen LogP contribution in [0.3, 0.4) is 0 Å². The first kappa shape index (κ1) is 17.6. The number of esters is 1. The summed E-state index contributed by atoms with van der Waals surface area (Å²) in [6.45, 7) is 3.37. The van der Waals surface area contributed by atoms with Crippen molar-refractivity contribution in [3.05, 3.63) is 29.6 Å². The van der Waals surface area contributed by atoms with Crippen molar-refractivity contribution in [3.63, 3.8) is 0 Å². The highest BCUT2D eigenvalue weighted by atomic mass is 32.2. The summed E-state index contributed by atoms with van der Waals surface area (Å²) in [6, 6.07) is 3.53. The number of ether oxygens (including phenoxy) is 1. The summed E-state index contributed by atoms with van der Waals surface area (Å²) >= 11 is 0. The largest absolute Gasteiger partial charge is 0.469 e. The molecule has 7 nitrogen and oxygen atoms in total. The first-order chi connectivity index (χ1) is 10.8. The summed E-state index contributed by atoms with van der Waals surface area (Å²) < 4.78 is 45.5. The van der Waals surface area contributed by atoms with E-state index in [9.17, 15) is 17.6 Å². The van der Waals surface area contributed by atoms with Gasteiger partial charge in [0.1, 0.15) is 11.7 Å². The maximum Gasteiger partial charge on any atom is 0.313 e. The molecule has 23 heavy (non-hydrogen) atoms. The molecule has 1 fully saturated rings. The Morgan fingerprint density at radius 2 is 2.09 bits per heavy atom. The molecule has 1 saturated heterocycles. The van der Waals surface area contributed by atoms with Crippen LogP contribution in [-0.4, -0.2) is 32.9 Å². The van der Waals surface area contributed by atoms with Gasteiger partial charge in [0, 0.05) is 11.7 Å². The number of halogens is 1. The summed E-state index contributed by atoms with van der Waals surface area (Å²) in [5.74, 6) is -1.92. The van der Waals surface area contributed by atoms with Crippen molar-refractivity contribution in [2.75, 3.05) is 11.8 Å². The van der Waals surface area contributed by atoms with Crippen LogP contribution in [0.5, 0.6) is 0 Å². The Balaban J connectivity index is 2.27. The van der Waals surface area contributed by atoms with Gasteiger partial charge in [-0.1, -0.05) is 6.92 Å². The van der Waals surface area contributed by atoms with Crippen molar-refractivity contribution in [2.24, 2.45) is 5.92 Å². The Kier molecular flexibility index (Phi) is 5.23. The number of benzene rings is 1. The van der Waals surface area contributed by atoms with Crippen LogP contribution < -0.4 is 15.6 Å². The number of carbonyl (C=O) groups excluding carboxylic acids is 1. The average Bonchev–Trinajstić information content (AvgIpc) is 2.94. The Labute approximate surface area is 134 Å². The zero-order valence-electron chi connectivity index (χ0n) is 13.1. The zero-order valence-corrected chi connectivity index (χ0v) is 13.9. The normalized spacial score (nSPS) is 24.4. The third-order valence-corrected chi connectivity index (χ3v) is 5.44. The molecule has 1 aromatic carbocycles. The van der Waals surface area contributed by atoms with E-state index in [4.69, 9.17) is 4.74 Å². The summed E-state index contributed by atoms with van der Waals surface area (Å²) in [4.78, 5) is 11.9. The number of carbonyl (C=O) groups is 1. The van der Waals surface area contributed by atoms with Crippen LogP contribution in [0.2, 0.25) is 0 Å². The molecule has 0 amide bonds. The number of hydrogen-bond acceptors (Lipinski definition) is 6.